The molecular weight excluding hydrogens is 360 g/mol. The van der Waals surface area contributed by atoms with Crippen LogP contribution in [0.15, 0.2) is 48.7 Å². The lowest BCUT2D eigenvalue weighted by molar-refractivity contribution is -0.583. The van der Waals surface area contributed by atoms with Crippen molar-refractivity contribution in [2.45, 2.75) is 13.0 Å². The van der Waals surface area contributed by atoms with Gasteiger partial charge in [0.2, 0.25) is 5.52 Å². The SMILES string of the molecule is COC(=O)C(C)Oc1ccc(Oc2cnc3cc(Cl)ccc3[n+]2[O-])cc1. The zero-order chi connectivity index (χ0) is 18.7. The van der Waals surface area contributed by atoms with Crippen molar-refractivity contribution in [1.82, 2.24) is 4.98 Å². The summed E-state index contributed by atoms with van der Waals surface area (Å²) in [4.78, 5) is 15.5. The van der Waals surface area contributed by atoms with Gasteiger partial charge in [0.15, 0.2) is 6.10 Å². The molecule has 0 aliphatic rings. The van der Waals surface area contributed by atoms with Gasteiger partial charge in [-0.1, -0.05) is 11.6 Å². The summed E-state index contributed by atoms with van der Waals surface area (Å²) in [5.41, 5.74) is 0.819. The van der Waals surface area contributed by atoms with Gasteiger partial charge >= 0.3 is 11.8 Å². The van der Waals surface area contributed by atoms with Crippen LogP contribution in [0.2, 0.25) is 5.02 Å². The number of methoxy groups -OCH3 is 1. The summed E-state index contributed by atoms with van der Waals surface area (Å²) in [5.74, 6) is 0.441. The molecule has 26 heavy (non-hydrogen) atoms. The van der Waals surface area contributed by atoms with Crippen LogP contribution in [0.5, 0.6) is 17.4 Å². The normalized spacial score (nSPS) is 11.8. The van der Waals surface area contributed by atoms with E-state index in [4.69, 9.17) is 21.1 Å². The number of rotatable bonds is 5. The van der Waals surface area contributed by atoms with E-state index in [1.165, 1.54) is 13.3 Å². The van der Waals surface area contributed by atoms with E-state index in [-0.39, 0.29) is 5.88 Å². The molecule has 1 atom stereocenters. The van der Waals surface area contributed by atoms with Crippen molar-refractivity contribution < 1.29 is 23.7 Å². The predicted octanol–water partition coefficient (Wildman–Crippen LogP) is 3.25. The second kappa shape index (κ2) is 7.45. The molecule has 1 unspecified atom stereocenters. The highest BCUT2D eigenvalue weighted by molar-refractivity contribution is 6.31. The van der Waals surface area contributed by atoms with Crippen LogP contribution in [-0.2, 0) is 9.53 Å². The van der Waals surface area contributed by atoms with E-state index in [1.807, 2.05) is 0 Å². The van der Waals surface area contributed by atoms with E-state index in [0.717, 1.165) is 0 Å². The average molecular weight is 375 g/mol. The Morgan fingerprint density at radius 2 is 1.88 bits per heavy atom. The molecule has 0 saturated heterocycles. The zero-order valence-electron chi connectivity index (χ0n) is 14.0. The van der Waals surface area contributed by atoms with Crippen LogP contribution in [0.4, 0.5) is 0 Å². The van der Waals surface area contributed by atoms with E-state index in [1.54, 1.807) is 49.4 Å². The molecule has 0 radical (unpaired) electrons. The van der Waals surface area contributed by atoms with Gasteiger partial charge in [-0.2, -0.15) is 0 Å². The van der Waals surface area contributed by atoms with E-state index in [9.17, 15) is 10.0 Å². The first-order chi connectivity index (χ1) is 12.5. The highest BCUT2D eigenvalue weighted by atomic mass is 35.5. The van der Waals surface area contributed by atoms with Crippen molar-refractivity contribution in [2.75, 3.05) is 7.11 Å². The fourth-order valence-corrected chi connectivity index (χ4v) is 2.43. The summed E-state index contributed by atoms with van der Waals surface area (Å²) in [6.45, 7) is 1.59. The van der Waals surface area contributed by atoms with Gasteiger partial charge < -0.3 is 19.4 Å². The van der Waals surface area contributed by atoms with Crippen LogP contribution >= 0.6 is 11.6 Å². The van der Waals surface area contributed by atoms with E-state index < -0.39 is 12.1 Å². The number of carbonyl (C=O) groups excluding carboxylic acids is 1. The summed E-state index contributed by atoms with van der Waals surface area (Å²) in [7, 11) is 1.29. The molecule has 0 amide bonds. The van der Waals surface area contributed by atoms with Crippen LogP contribution in [0, 0.1) is 5.21 Å². The molecular formula is C18H15ClN2O5. The van der Waals surface area contributed by atoms with Crippen LogP contribution in [0.25, 0.3) is 11.0 Å². The maximum Gasteiger partial charge on any atom is 0.404 e. The molecule has 8 heteroatoms. The fourth-order valence-electron chi connectivity index (χ4n) is 2.26. The van der Waals surface area contributed by atoms with Gasteiger partial charge in [0.25, 0.3) is 0 Å². The monoisotopic (exact) mass is 374 g/mol. The largest absolute Gasteiger partial charge is 0.615 e. The van der Waals surface area contributed by atoms with Crippen molar-refractivity contribution in [3.8, 4) is 17.4 Å². The molecule has 0 spiro atoms. The molecule has 3 aromatic rings. The van der Waals surface area contributed by atoms with Gasteiger partial charge in [-0.15, -0.1) is 4.73 Å². The number of aromatic nitrogens is 2. The molecule has 0 saturated carbocycles. The Kier molecular flexibility index (Phi) is 5.09. The molecule has 0 fully saturated rings. The number of hydrogen-bond donors (Lipinski definition) is 0. The molecule has 1 aromatic heterocycles. The van der Waals surface area contributed by atoms with E-state index in [0.29, 0.717) is 32.3 Å². The second-order valence-electron chi connectivity index (χ2n) is 5.38. The third-order valence-electron chi connectivity index (χ3n) is 3.56. The Bertz CT molecular complexity index is 946. The number of fused-ring (bicyclic) bond motifs is 1. The van der Waals surface area contributed by atoms with Crippen LogP contribution < -0.4 is 14.2 Å². The topological polar surface area (TPSA) is 84.6 Å². The third kappa shape index (κ3) is 3.78. The number of halogens is 1. The number of benzene rings is 2. The summed E-state index contributed by atoms with van der Waals surface area (Å²) in [5, 5.41) is 12.9. The Morgan fingerprint density at radius 3 is 2.58 bits per heavy atom. The molecule has 7 nitrogen and oxygen atoms in total. The van der Waals surface area contributed by atoms with E-state index in [2.05, 4.69) is 9.72 Å². The maximum atomic E-state index is 12.4. The van der Waals surface area contributed by atoms with Crippen molar-refractivity contribution in [1.29, 1.82) is 0 Å². The summed E-state index contributed by atoms with van der Waals surface area (Å²) in [6, 6.07) is 11.3. The van der Waals surface area contributed by atoms with Gasteiger partial charge in [-0.3, -0.25) is 0 Å². The van der Waals surface area contributed by atoms with Gasteiger partial charge in [0.1, 0.15) is 23.2 Å². The smallest absolute Gasteiger partial charge is 0.404 e. The predicted molar refractivity (Wildman–Crippen MR) is 94.3 cm³/mol. The molecule has 0 bridgehead atoms. The number of hydrogen-bond acceptors (Lipinski definition) is 6. The summed E-state index contributed by atoms with van der Waals surface area (Å²) < 4.78 is 16.3. The molecule has 1 heterocycles. The summed E-state index contributed by atoms with van der Waals surface area (Å²) >= 11 is 5.90. The molecule has 3 rings (SSSR count). The van der Waals surface area contributed by atoms with Gasteiger partial charge in [-0.25, -0.2) is 9.78 Å². The lowest BCUT2D eigenvalue weighted by atomic mass is 10.3. The minimum absolute atomic E-state index is 0.0245. The first-order valence-corrected chi connectivity index (χ1v) is 8.06. The first-order valence-electron chi connectivity index (χ1n) is 7.68. The molecule has 0 aliphatic carbocycles. The van der Waals surface area contributed by atoms with Gasteiger partial charge in [0.05, 0.1) is 7.11 Å². The standard InChI is InChI=1S/C18H15ClN2O5/c1-11(18(22)24-2)25-13-4-6-14(7-5-13)26-17-10-20-15-9-12(19)3-8-16(15)21(17)23/h3-11H,1-2H3. The first kappa shape index (κ1) is 17.8. The van der Waals surface area contributed by atoms with Crippen molar-refractivity contribution in [3.05, 3.63) is 58.9 Å². The summed E-state index contributed by atoms with van der Waals surface area (Å²) in [6.07, 6.45) is 0.599. The van der Waals surface area contributed by atoms with Crippen molar-refractivity contribution >= 4 is 28.6 Å². The average Bonchev–Trinajstić information content (AvgIpc) is 2.64. The Balaban J connectivity index is 1.77. The van der Waals surface area contributed by atoms with Gasteiger partial charge in [-0.05, 0) is 43.3 Å². The second-order valence-corrected chi connectivity index (χ2v) is 5.82. The van der Waals surface area contributed by atoms with Crippen LogP contribution in [-0.4, -0.2) is 24.2 Å². The maximum absolute atomic E-state index is 12.4. The Morgan fingerprint density at radius 1 is 1.19 bits per heavy atom. The van der Waals surface area contributed by atoms with Crippen LogP contribution in [0.1, 0.15) is 6.92 Å². The number of carbonyl (C=O) groups is 1. The molecule has 134 valence electrons. The van der Waals surface area contributed by atoms with Gasteiger partial charge in [0, 0.05) is 11.1 Å². The minimum Gasteiger partial charge on any atom is -0.615 e. The van der Waals surface area contributed by atoms with Crippen molar-refractivity contribution in [3.63, 3.8) is 0 Å². The molecule has 0 aliphatic heterocycles. The quantitative estimate of drug-likeness (QED) is 0.387. The molecule has 2 aromatic carbocycles. The lowest BCUT2D eigenvalue weighted by Gasteiger charge is -2.12. The Labute approximate surface area is 154 Å². The number of ether oxygens (including phenoxy) is 3. The Hall–Kier alpha value is -3.06. The number of esters is 1. The minimum atomic E-state index is -0.730. The van der Waals surface area contributed by atoms with E-state index >= 15 is 0 Å². The fraction of sp³-hybridized carbons (Fsp3) is 0.167. The van der Waals surface area contributed by atoms with Crippen LogP contribution in [0.3, 0.4) is 0 Å². The molecule has 0 N–H and O–H groups in total. The highest BCUT2D eigenvalue weighted by Crippen LogP contribution is 2.24. The number of nitrogens with zero attached hydrogens (tertiary/aromatic N) is 2. The lowest BCUT2D eigenvalue weighted by Crippen LogP contribution is -2.29. The van der Waals surface area contributed by atoms with Crippen molar-refractivity contribution in [2.24, 2.45) is 0 Å². The highest BCUT2D eigenvalue weighted by Gasteiger charge is 2.16. The zero-order valence-corrected chi connectivity index (χ0v) is 14.8. The third-order valence-corrected chi connectivity index (χ3v) is 3.80.